The number of carbonyl (C=O) groups excluding carboxylic acids is 1. The van der Waals surface area contributed by atoms with Crippen LogP contribution in [0.4, 0.5) is 0 Å². The van der Waals surface area contributed by atoms with Crippen molar-refractivity contribution >= 4 is 33.7 Å². The van der Waals surface area contributed by atoms with Crippen LogP contribution in [0.3, 0.4) is 0 Å². The first-order valence-electron chi connectivity index (χ1n) is 7.68. The number of hydrogen-bond acceptors (Lipinski definition) is 7. The standard InChI is InChI=1S/C17H10O5.CH6N4/c18-11-3-1-9-5-15(21-13(9)7-11)17(20)16-6-10-2-4-12(19)8-14(10)22-16;2-1(3)5-4/h1-8,18-19H;4H2,(H4,2,3,5). The summed E-state index contributed by atoms with van der Waals surface area (Å²) in [6.07, 6.45) is 0. The van der Waals surface area contributed by atoms with Crippen molar-refractivity contribution < 1.29 is 23.8 Å². The summed E-state index contributed by atoms with van der Waals surface area (Å²) in [5, 5.41) is 26.6. The lowest BCUT2D eigenvalue weighted by molar-refractivity contribution is 0.0987. The fraction of sp³-hybridized carbons (Fsp3) is 0. The van der Waals surface area contributed by atoms with Gasteiger partial charge in [0.25, 0.3) is 5.78 Å². The molecule has 0 aliphatic heterocycles. The number of carbonyl (C=O) groups is 1. The molecule has 0 unspecified atom stereocenters. The van der Waals surface area contributed by atoms with E-state index in [1.807, 2.05) is 5.43 Å². The van der Waals surface area contributed by atoms with Crippen LogP contribution in [-0.2, 0) is 0 Å². The Morgan fingerprint density at radius 2 is 1.30 bits per heavy atom. The Kier molecular flexibility index (Phi) is 4.69. The highest BCUT2D eigenvalue weighted by atomic mass is 16.4. The number of fused-ring (bicyclic) bond motifs is 2. The monoisotopic (exact) mass is 368 g/mol. The number of rotatable bonds is 2. The van der Waals surface area contributed by atoms with E-state index in [0.29, 0.717) is 11.2 Å². The number of nitrogens with two attached hydrogens (primary N) is 2. The Morgan fingerprint density at radius 3 is 1.67 bits per heavy atom. The van der Waals surface area contributed by atoms with E-state index in [4.69, 9.17) is 14.2 Å². The summed E-state index contributed by atoms with van der Waals surface area (Å²) in [4.78, 5) is 12.4. The van der Waals surface area contributed by atoms with Crippen molar-refractivity contribution in [2.24, 2.45) is 11.6 Å². The summed E-state index contributed by atoms with van der Waals surface area (Å²) >= 11 is 0. The van der Waals surface area contributed by atoms with Gasteiger partial charge in [0, 0.05) is 22.9 Å². The van der Waals surface area contributed by atoms with E-state index in [-0.39, 0.29) is 29.0 Å². The predicted molar refractivity (Wildman–Crippen MR) is 98.4 cm³/mol. The van der Waals surface area contributed by atoms with Gasteiger partial charge in [-0.15, -0.1) is 0 Å². The average Bonchev–Trinajstić information content (AvgIpc) is 3.24. The van der Waals surface area contributed by atoms with E-state index < -0.39 is 5.78 Å². The summed E-state index contributed by atoms with van der Waals surface area (Å²) in [6, 6.07) is 12.5. The molecule has 0 aliphatic carbocycles. The topological polar surface area (TPSA) is 172 Å². The lowest BCUT2D eigenvalue weighted by Crippen LogP contribution is -2.35. The number of furan rings is 2. The number of hydrazine groups is 1. The quantitative estimate of drug-likeness (QED) is 0.103. The predicted octanol–water partition coefficient (Wildman–Crippen LogP) is 2.16. The van der Waals surface area contributed by atoms with Gasteiger partial charge in [0.1, 0.15) is 22.7 Å². The van der Waals surface area contributed by atoms with Crippen LogP contribution in [0.1, 0.15) is 16.3 Å². The molecule has 2 aromatic heterocycles. The van der Waals surface area contributed by atoms with E-state index in [1.165, 1.54) is 24.3 Å². The van der Waals surface area contributed by atoms with Gasteiger partial charge in [-0.1, -0.05) is 0 Å². The van der Waals surface area contributed by atoms with Crippen molar-refractivity contribution in [3.8, 4) is 11.5 Å². The van der Waals surface area contributed by atoms with Gasteiger partial charge in [0.2, 0.25) is 0 Å². The third-order valence-corrected chi connectivity index (χ3v) is 3.61. The maximum Gasteiger partial charge on any atom is 0.263 e. The Hall–Kier alpha value is -3.98. The van der Waals surface area contributed by atoms with Crippen molar-refractivity contribution in [1.29, 1.82) is 5.41 Å². The molecule has 0 bridgehead atoms. The molecule has 9 heteroatoms. The average molecular weight is 368 g/mol. The van der Waals surface area contributed by atoms with Gasteiger partial charge in [0.05, 0.1) is 0 Å². The Bertz CT molecular complexity index is 1060. The number of phenolic OH excluding ortho intramolecular Hbond substituents is 2. The molecule has 0 aliphatic rings. The van der Waals surface area contributed by atoms with Crippen molar-refractivity contribution in [2.75, 3.05) is 0 Å². The maximum atomic E-state index is 12.4. The van der Waals surface area contributed by atoms with Crippen molar-refractivity contribution in [3.05, 3.63) is 60.1 Å². The molecular weight excluding hydrogens is 352 g/mol. The van der Waals surface area contributed by atoms with E-state index in [2.05, 4.69) is 11.6 Å². The maximum absolute atomic E-state index is 12.4. The molecule has 138 valence electrons. The molecule has 0 amide bonds. The fourth-order valence-corrected chi connectivity index (χ4v) is 2.38. The molecular formula is C18H16N4O5. The van der Waals surface area contributed by atoms with Gasteiger partial charge in [-0.3, -0.25) is 15.6 Å². The highest BCUT2D eigenvalue weighted by Gasteiger charge is 2.19. The summed E-state index contributed by atoms with van der Waals surface area (Å²) in [5.74, 6) is 4.35. The van der Waals surface area contributed by atoms with Crippen LogP contribution >= 0.6 is 0 Å². The number of ketones is 1. The smallest absolute Gasteiger partial charge is 0.263 e. The van der Waals surface area contributed by atoms with E-state index in [9.17, 15) is 15.0 Å². The molecule has 0 atom stereocenters. The number of nitrogens with one attached hydrogen (secondary N) is 2. The largest absolute Gasteiger partial charge is 0.508 e. The first-order chi connectivity index (χ1) is 12.9. The second-order valence-electron chi connectivity index (χ2n) is 5.55. The van der Waals surface area contributed by atoms with E-state index in [1.54, 1.807) is 24.3 Å². The van der Waals surface area contributed by atoms with Gasteiger partial charge in [0.15, 0.2) is 17.5 Å². The number of phenols is 2. The number of benzene rings is 2. The van der Waals surface area contributed by atoms with E-state index in [0.717, 1.165) is 10.8 Å². The lowest BCUT2D eigenvalue weighted by Gasteiger charge is -1.91. The van der Waals surface area contributed by atoms with Crippen LogP contribution in [-0.4, -0.2) is 22.0 Å². The molecule has 4 rings (SSSR count). The first-order valence-corrected chi connectivity index (χ1v) is 7.68. The zero-order chi connectivity index (χ0) is 19.6. The van der Waals surface area contributed by atoms with E-state index >= 15 is 0 Å². The molecule has 4 aromatic rings. The summed E-state index contributed by atoms with van der Waals surface area (Å²) in [6.45, 7) is 0. The lowest BCUT2D eigenvalue weighted by atomic mass is 10.2. The minimum atomic E-state index is -0.397. The van der Waals surface area contributed by atoms with Crippen LogP contribution in [0, 0.1) is 5.41 Å². The molecule has 0 saturated carbocycles. The van der Waals surface area contributed by atoms with Crippen LogP contribution in [0.5, 0.6) is 11.5 Å². The molecule has 2 aromatic carbocycles. The number of aromatic hydroxyl groups is 2. The van der Waals surface area contributed by atoms with Gasteiger partial charge in [-0.25, -0.2) is 5.84 Å². The second-order valence-corrected chi connectivity index (χ2v) is 5.55. The highest BCUT2D eigenvalue weighted by molar-refractivity contribution is 6.09. The molecule has 0 radical (unpaired) electrons. The first kappa shape index (κ1) is 17.8. The van der Waals surface area contributed by atoms with Gasteiger partial charge >= 0.3 is 0 Å². The van der Waals surface area contributed by atoms with Crippen LogP contribution in [0.25, 0.3) is 21.9 Å². The number of guanidine groups is 1. The summed E-state index contributed by atoms with van der Waals surface area (Å²) < 4.78 is 10.9. The third-order valence-electron chi connectivity index (χ3n) is 3.61. The fourth-order valence-electron chi connectivity index (χ4n) is 2.38. The molecule has 2 heterocycles. The van der Waals surface area contributed by atoms with Gasteiger partial charge in [-0.2, -0.15) is 0 Å². The van der Waals surface area contributed by atoms with Crippen molar-refractivity contribution in [1.82, 2.24) is 5.43 Å². The number of hydrogen-bond donors (Lipinski definition) is 6. The molecule has 0 spiro atoms. The zero-order valence-electron chi connectivity index (χ0n) is 13.9. The normalized spacial score (nSPS) is 10.4. The SMILES string of the molecule is N=C(N)NN.O=C(c1cc2ccc(O)cc2o1)c1cc2ccc(O)cc2o1. The molecule has 8 N–H and O–H groups in total. The minimum absolute atomic E-state index is 0.0695. The molecule has 9 nitrogen and oxygen atoms in total. The van der Waals surface area contributed by atoms with Crippen LogP contribution in [0.2, 0.25) is 0 Å². The van der Waals surface area contributed by atoms with Crippen molar-refractivity contribution in [2.45, 2.75) is 0 Å². The molecule has 27 heavy (non-hydrogen) atoms. The molecule has 0 fully saturated rings. The Labute approximate surface area is 152 Å². The van der Waals surface area contributed by atoms with Crippen molar-refractivity contribution in [3.63, 3.8) is 0 Å². The summed E-state index contributed by atoms with van der Waals surface area (Å²) in [5.41, 5.74) is 7.38. The van der Waals surface area contributed by atoms with Crippen LogP contribution in [0.15, 0.2) is 57.4 Å². The minimum Gasteiger partial charge on any atom is -0.508 e. The summed E-state index contributed by atoms with van der Waals surface area (Å²) in [7, 11) is 0. The zero-order valence-corrected chi connectivity index (χ0v) is 13.9. The Balaban J connectivity index is 0.000000376. The van der Waals surface area contributed by atoms with Gasteiger partial charge < -0.3 is 24.8 Å². The van der Waals surface area contributed by atoms with Gasteiger partial charge in [-0.05, 0) is 36.4 Å². The third kappa shape index (κ3) is 3.83. The molecule has 0 saturated heterocycles. The Morgan fingerprint density at radius 1 is 0.889 bits per heavy atom. The highest BCUT2D eigenvalue weighted by Crippen LogP contribution is 2.28. The second kappa shape index (κ2) is 7.10. The van der Waals surface area contributed by atoms with Crippen LogP contribution < -0.4 is 17.0 Å².